The van der Waals surface area contributed by atoms with Crippen LogP contribution in [0.3, 0.4) is 0 Å². The van der Waals surface area contributed by atoms with E-state index in [1.54, 1.807) is 0 Å². The maximum atomic E-state index is 11.9. The molecule has 2 atom stereocenters. The predicted octanol–water partition coefficient (Wildman–Crippen LogP) is 0.558. The molecule has 7 heteroatoms. The molecule has 0 aliphatic carbocycles. The van der Waals surface area contributed by atoms with E-state index in [0.29, 0.717) is 0 Å². The maximum Gasteiger partial charge on any atom is 0.387 e. The summed E-state index contributed by atoms with van der Waals surface area (Å²) in [7, 11) is 0. The van der Waals surface area contributed by atoms with Crippen molar-refractivity contribution in [3.63, 3.8) is 0 Å². The molecule has 0 aliphatic rings. The van der Waals surface area contributed by atoms with Crippen LogP contribution in [0, 0.1) is 0 Å². The van der Waals surface area contributed by atoms with Gasteiger partial charge in [0.05, 0.1) is 12.5 Å². The normalized spacial score (nSPS) is 14.3. The summed E-state index contributed by atoms with van der Waals surface area (Å²) >= 11 is 0. The Morgan fingerprint density at radius 1 is 1.28 bits per heavy atom. The first-order valence-corrected chi connectivity index (χ1v) is 5.09. The number of benzene rings is 1. The minimum atomic E-state index is -2.93. The van der Waals surface area contributed by atoms with E-state index in [9.17, 15) is 23.8 Å². The van der Waals surface area contributed by atoms with E-state index < -0.39 is 31.1 Å². The van der Waals surface area contributed by atoms with Gasteiger partial charge in [-0.1, -0.05) is 12.1 Å². The van der Waals surface area contributed by atoms with E-state index in [1.807, 2.05) is 0 Å². The van der Waals surface area contributed by atoms with Crippen molar-refractivity contribution < 1.29 is 28.5 Å². The monoisotopic (exact) mass is 261 g/mol. The van der Waals surface area contributed by atoms with Crippen LogP contribution in [0.4, 0.5) is 8.78 Å². The molecule has 1 amide bonds. The fourth-order valence-electron chi connectivity index (χ4n) is 1.39. The lowest BCUT2D eigenvalue weighted by Crippen LogP contribution is -2.25. The number of primary amides is 1. The Balaban J connectivity index is 2.69. The van der Waals surface area contributed by atoms with Gasteiger partial charge < -0.3 is 20.7 Å². The van der Waals surface area contributed by atoms with E-state index in [4.69, 9.17) is 5.73 Å². The summed E-state index contributed by atoms with van der Waals surface area (Å²) in [6.45, 7) is -2.93. The summed E-state index contributed by atoms with van der Waals surface area (Å²) in [5.41, 5.74) is 5.14. The van der Waals surface area contributed by atoms with Crippen LogP contribution in [0.25, 0.3) is 0 Å². The van der Waals surface area contributed by atoms with Crippen LogP contribution in [-0.2, 0) is 4.79 Å². The SMILES string of the molecule is NC(=O)CC(O)C(O)c1ccc(OC(F)F)cc1. The highest BCUT2D eigenvalue weighted by atomic mass is 19.3. The second-order valence-electron chi connectivity index (χ2n) is 3.63. The Hall–Kier alpha value is -1.73. The average Bonchev–Trinajstić information content (AvgIpc) is 2.27. The van der Waals surface area contributed by atoms with Crippen molar-refractivity contribution in [1.29, 1.82) is 0 Å². The van der Waals surface area contributed by atoms with E-state index in [2.05, 4.69) is 4.74 Å². The lowest BCUT2D eigenvalue weighted by atomic mass is 10.0. The largest absolute Gasteiger partial charge is 0.435 e. The number of aliphatic hydroxyl groups excluding tert-OH is 2. The Morgan fingerprint density at radius 2 is 1.83 bits per heavy atom. The van der Waals surface area contributed by atoms with Crippen LogP contribution in [0.5, 0.6) is 5.75 Å². The maximum absolute atomic E-state index is 11.9. The quantitative estimate of drug-likeness (QED) is 0.697. The molecule has 1 rings (SSSR count). The zero-order valence-corrected chi connectivity index (χ0v) is 9.29. The van der Waals surface area contributed by atoms with Crippen molar-refractivity contribution in [3.8, 4) is 5.75 Å². The third-order valence-electron chi connectivity index (χ3n) is 2.22. The number of carbonyl (C=O) groups is 1. The lowest BCUT2D eigenvalue weighted by molar-refractivity contribution is -0.121. The first kappa shape index (κ1) is 14.3. The van der Waals surface area contributed by atoms with Gasteiger partial charge >= 0.3 is 6.61 Å². The molecular formula is C11H13F2NO4. The Morgan fingerprint density at radius 3 is 2.28 bits per heavy atom. The van der Waals surface area contributed by atoms with E-state index in [1.165, 1.54) is 24.3 Å². The zero-order chi connectivity index (χ0) is 13.7. The van der Waals surface area contributed by atoms with Crippen molar-refractivity contribution >= 4 is 5.91 Å². The molecule has 0 aliphatic heterocycles. The van der Waals surface area contributed by atoms with Crippen molar-refractivity contribution in [3.05, 3.63) is 29.8 Å². The highest BCUT2D eigenvalue weighted by Gasteiger charge is 2.20. The summed E-state index contributed by atoms with van der Waals surface area (Å²) < 4.78 is 27.9. The minimum Gasteiger partial charge on any atom is -0.435 e. The van der Waals surface area contributed by atoms with Crippen LogP contribution in [0.2, 0.25) is 0 Å². The number of amides is 1. The van der Waals surface area contributed by atoms with Gasteiger partial charge in [-0.25, -0.2) is 0 Å². The van der Waals surface area contributed by atoms with E-state index in [0.717, 1.165) is 0 Å². The zero-order valence-electron chi connectivity index (χ0n) is 9.29. The van der Waals surface area contributed by atoms with Gasteiger partial charge in [0.25, 0.3) is 0 Å². The molecule has 0 radical (unpaired) electrons. The number of halogens is 2. The average molecular weight is 261 g/mol. The summed E-state index contributed by atoms with van der Waals surface area (Å²) in [6, 6.07) is 5.07. The van der Waals surface area contributed by atoms with Crippen molar-refractivity contribution in [2.24, 2.45) is 5.73 Å². The van der Waals surface area contributed by atoms with Gasteiger partial charge in [0.2, 0.25) is 5.91 Å². The number of carbonyl (C=O) groups excluding carboxylic acids is 1. The number of ether oxygens (including phenoxy) is 1. The molecule has 0 heterocycles. The molecule has 0 bridgehead atoms. The van der Waals surface area contributed by atoms with Gasteiger partial charge in [-0.05, 0) is 17.7 Å². The van der Waals surface area contributed by atoms with Crippen LogP contribution in [0.1, 0.15) is 18.1 Å². The number of rotatable bonds is 6. The van der Waals surface area contributed by atoms with E-state index in [-0.39, 0.29) is 11.3 Å². The highest BCUT2D eigenvalue weighted by molar-refractivity contribution is 5.74. The molecule has 2 unspecified atom stereocenters. The molecule has 4 N–H and O–H groups in total. The molecule has 1 aromatic carbocycles. The van der Waals surface area contributed by atoms with Gasteiger partial charge in [-0.15, -0.1) is 0 Å². The molecule has 5 nitrogen and oxygen atoms in total. The first-order valence-electron chi connectivity index (χ1n) is 5.09. The molecule has 0 aromatic heterocycles. The second-order valence-corrected chi connectivity index (χ2v) is 3.63. The Kier molecular flexibility index (Phi) is 4.99. The van der Waals surface area contributed by atoms with Crippen LogP contribution in [-0.4, -0.2) is 28.8 Å². The number of aliphatic hydroxyl groups is 2. The van der Waals surface area contributed by atoms with Crippen LogP contribution >= 0.6 is 0 Å². The molecule has 0 saturated carbocycles. The predicted molar refractivity (Wildman–Crippen MR) is 57.9 cm³/mol. The summed E-state index contributed by atoms with van der Waals surface area (Å²) in [6.07, 6.45) is -3.06. The number of hydrogen-bond donors (Lipinski definition) is 3. The third-order valence-corrected chi connectivity index (χ3v) is 2.22. The Labute approximate surface area is 102 Å². The van der Waals surface area contributed by atoms with Crippen LogP contribution in [0.15, 0.2) is 24.3 Å². The minimum absolute atomic E-state index is 0.0645. The highest BCUT2D eigenvalue weighted by Crippen LogP contribution is 2.22. The van der Waals surface area contributed by atoms with E-state index >= 15 is 0 Å². The lowest BCUT2D eigenvalue weighted by Gasteiger charge is -2.17. The van der Waals surface area contributed by atoms with Gasteiger partial charge in [-0.3, -0.25) is 4.79 Å². The first-order chi connectivity index (χ1) is 8.40. The Bertz CT molecular complexity index is 397. The fraction of sp³-hybridized carbons (Fsp3) is 0.364. The molecule has 0 spiro atoms. The van der Waals surface area contributed by atoms with Crippen molar-refractivity contribution in [2.75, 3.05) is 0 Å². The third kappa shape index (κ3) is 4.27. The number of alkyl halides is 2. The number of hydrogen-bond acceptors (Lipinski definition) is 4. The molecule has 18 heavy (non-hydrogen) atoms. The van der Waals surface area contributed by atoms with Crippen molar-refractivity contribution in [1.82, 2.24) is 0 Å². The number of nitrogens with two attached hydrogens (primary N) is 1. The van der Waals surface area contributed by atoms with Gasteiger partial charge in [0.15, 0.2) is 0 Å². The van der Waals surface area contributed by atoms with Gasteiger partial charge in [-0.2, -0.15) is 8.78 Å². The van der Waals surface area contributed by atoms with Crippen molar-refractivity contribution in [2.45, 2.75) is 25.2 Å². The second kappa shape index (κ2) is 6.27. The summed E-state index contributed by atoms with van der Waals surface area (Å²) in [5, 5.41) is 19.1. The summed E-state index contributed by atoms with van der Waals surface area (Å²) in [5.74, 6) is -0.815. The molecular weight excluding hydrogens is 248 g/mol. The van der Waals surface area contributed by atoms with Crippen LogP contribution < -0.4 is 10.5 Å². The molecule has 0 saturated heterocycles. The van der Waals surface area contributed by atoms with Gasteiger partial charge in [0, 0.05) is 0 Å². The molecule has 0 fully saturated rings. The fourth-order valence-corrected chi connectivity index (χ4v) is 1.39. The smallest absolute Gasteiger partial charge is 0.387 e. The summed E-state index contributed by atoms with van der Waals surface area (Å²) in [4.78, 5) is 10.6. The van der Waals surface area contributed by atoms with Gasteiger partial charge in [0.1, 0.15) is 11.9 Å². The molecule has 1 aromatic rings. The molecule has 100 valence electrons. The standard InChI is InChI=1S/C11H13F2NO4/c12-11(13)18-7-3-1-6(2-4-7)10(17)8(15)5-9(14)16/h1-4,8,10-11,15,17H,5H2,(H2,14,16). The topological polar surface area (TPSA) is 92.8 Å².